The summed E-state index contributed by atoms with van der Waals surface area (Å²) < 4.78 is 2.07. The highest BCUT2D eigenvalue weighted by molar-refractivity contribution is 5.61. The Morgan fingerprint density at radius 3 is 2.68 bits per heavy atom. The third-order valence-corrected chi connectivity index (χ3v) is 3.33. The molecule has 2 aromatic rings. The average molecular weight is 257 g/mol. The van der Waals surface area contributed by atoms with Gasteiger partial charge in [-0.1, -0.05) is 37.3 Å². The van der Waals surface area contributed by atoms with Gasteiger partial charge in [0.15, 0.2) is 0 Å². The molecule has 1 unspecified atom stereocenters. The highest BCUT2D eigenvalue weighted by atomic mass is 15.3. The van der Waals surface area contributed by atoms with Gasteiger partial charge in [0.05, 0.1) is 12.2 Å². The van der Waals surface area contributed by atoms with Crippen molar-refractivity contribution in [2.75, 3.05) is 13.1 Å². The second-order valence-electron chi connectivity index (χ2n) is 4.96. The van der Waals surface area contributed by atoms with Gasteiger partial charge in [0.25, 0.3) is 0 Å². The molecule has 3 nitrogen and oxygen atoms in total. The fourth-order valence-electron chi connectivity index (χ4n) is 2.10. The minimum atomic E-state index is 0.432. The van der Waals surface area contributed by atoms with Crippen LogP contribution in [0.1, 0.15) is 32.7 Å². The summed E-state index contributed by atoms with van der Waals surface area (Å²) in [5, 5.41) is 7.91. The Bertz CT molecular complexity index is 476. The van der Waals surface area contributed by atoms with Gasteiger partial charge in [-0.25, -0.2) is 0 Å². The molecule has 1 atom stereocenters. The topological polar surface area (TPSA) is 29.9 Å². The van der Waals surface area contributed by atoms with Crippen LogP contribution in [-0.4, -0.2) is 22.9 Å². The first-order valence-electron chi connectivity index (χ1n) is 7.11. The SMILES string of the molecule is CCCNCCC(C)n1cc(-c2ccccc2)cn1. The van der Waals surface area contributed by atoms with E-state index in [0.717, 1.165) is 19.5 Å². The fraction of sp³-hybridized carbons (Fsp3) is 0.438. The molecule has 2 rings (SSSR count). The summed E-state index contributed by atoms with van der Waals surface area (Å²) in [6, 6.07) is 10.8. The van der Waals surface area contributed by atoms with Gasteiger partial charge in [-0.2, -0.15) is 5.10 Å². The van der Waals surface area contributed by atoms with Crippen LogP contribution in [0.5, 0.6) is 0 Å². The zero-order chi connectivity index (χ0) is 13.5. The van der Waals surface area contributed by atoms with Crippen LogP contribution in [-0.2, 0) is 0 Å². The van der Waals surface area contributed by atoms with Crippen LogP contribution < -0.4 is 5.32 Å². The minimum Gasteiger partial charge on any atom is -0.317 e. The van der Waals surface area contributed by atoms with Crippen LogP contribution in [0, 0.1) is 0 Å². The Labute approximate surface area is 115 Å². The van der Waals surface area contributed by atoms with Gasteiger partial charge in [0, 0.05) is 11.8 Å². The molecule has 0 spiro atoms. The van der Waals surface area contributed by atoms with Crippen LogP contribution in [0.3, 0.4) is 0 Å². The lowest BCUT2D eigenvalue weighted by atomic mass is 10.1. The number of nitrogens with one attached hydrogen (secondary N) is 1. The van der Waals surface area contributed by atoms with Crippen LogP contribution in [0.4, 0.5) is 0 Å². The third-order valence-electron chi connectivity index (χ3n) is 3.33. The molecular weight excluding hydrogens is 234 g/mol. The quantitative estimate of drug-likeness (QED) is 0.769. The minimum absolute atomic E-state index is 0.432. The van der Waals surface area contributed by atoms with Crippen molar-refractivity contribution < 1.29 is 0 Å². The lowest BCUT2D eigenvalue weighted by Crippen LogP contribution is -2.19. The molecule has 0 radical (unpaired) electrons. The highest BCUT2D eigenvalue weighted by Crippen LogP contribution is 2.20. The van der Waals surface area contributed by atoms with E-state index in [1.54, 1.807) is 0 Å². The van der Waals surface area contributed by atoms with E-state index < -0.39 is 0 Å². The van der Waals surface area contributed by atoms with Crippen molar-refractivity contribution in [1.29, 1.82) is 0 Å². The molecule has 1 aromatic carbocycles. The zero-order valence-corrected chi connectivity index (χ0v) is 11.8. The van der Waals surface area contributed by atoms with E-state index in [0.29, 0.717) is 6.04 Å². The van der Waals surface area contributed by atoms with Crippen LogP contribution >= 0.6 is 0 Å². The molecule has 102 valence electrons. The molecule has 0 aliphatic rings. The van der Waals surface area contributed by atoms with Crippen molar-refractivity contribution >= 4 is 0 Å². The van der Waals surface area contributed by atoms with Crippen LogP contribution in [0.25, 0.3) is 11.1 Å². The summed E-state index contributed by atoms with van der Waals surface area (Å²) in [6.45, 7) is 6.56. The van der Waals surface area contributed by atoms with Crippen LogP contribution in [0.15, 0.2) is 42.7 Å². The van der Waals surface area contributed by atoms with Crippen molar-refractivity contribution in [2.45, 2.75) is 32.7 Å². The van der Waals surface area contributed by atoms with Crippen molar-refractivity contribution in [3.8, 4) is 11.1 Å². The molecule has 3 heteroatoms. The van der Waals surface area contributed by atoms with Gasteiger partial charge in [-0.3, -0.25) is 4.68 Å². The predicted molar refractivity (Wildman–Crippen MR) is 80.2 cm³/mol. The first-order chi connectivity index (χ1) is 9.31. The fourth-order valence-corrected chi connectivity index (χ4v) is 2.10. The Morgan fingerprint density at radius 1 is 1.16 bits per heavy atom. The number of hydrogen-bond donors (Lipinski definition) is 1. The standard InChI is InChI=1S/C16H23N3/c1-3-10-17-11-9-14(2)19-13-16(12-18-19)15-7-5-4-6-8-15/h4-8,12-14,17H,3,9-11H2,1-2H3. The molecule has 1 heterocycles. The van der Waals surface area contributed by atoms with E-state index in [1.807, 2.05) is 12.3 Å². The normalized spacial score (nSPS) is 12.5. The number of nitrogens with zero attached hydrogens (tertiary/aromatic N) is 2. The van der Waals surface area contributed by atoms with E-state index in [4.69, 9.17) is 0 Å². The highest BCUT2D eigenvalue weighted by Gasteiger charge is 2.07. The van der Waals surface area contributed by atoms with Crippen LogP contribution in [0.2, 0.25) is 0 Å². The Hall–Kier alpha value is -1.61. The first kappa shape index (κ1) is 13.8. The molecule has 19 heavy (non-hydrogen) atoms. The van der Waals surface area contributed by atoms with Gasteiger partial charge in [0.1, 0.15) is 0 Å². The largest absolute Gasteiger partial charge is 0.317 e. The maximum absolute atomic E-state index is 4.48. The third kappa shape index (κ3) is 3.93. The van der Waals surface area contributed by atoms with E-state index in [1.165, 1.54) is 17.5 Å². The van der Waals surface area contributed by atoms with Gasteiger partial charge >= 0.3 is 0 Å². The monoisotopic (exact) mass is 257 g/mol. The second kappa shape index (κ2) is 7.10. The van der Waals surface area contributed by atoms with Crippen molar-refractivity contribution in [1.82, 2.24) is 15.1 Å². The summed E-state index contributed by atoms with van der Waals surface area (Å²) in [5.74, 6) is 0. The molecule has 0 aliphatic heterocycles. The number of aromatic nitrogens is 2. The Balaban J connectivity index is 1.93. The maximum Gasteiger partial charge on any atom is 0.0568 e. The number of rotatable bonds is 7. The molecule has 0 saturated heterocycles. The van der Waals surface area contributed by atoms with E-state index in [-0.39, 0.29) is 0 Å². The second-order valence-corrected chi connectivity index (χ2v) is 4.96. The molecule has 0 bridgehead atoms. The van der Waals surface area contributed by atoms with Gasteiger partial charge in [-0.15, -0.1) is 0 Å². The average Bonchev–Trinajstić information content (AvgIpc) is 2.94. The summed E-state index contributed by atoms with van der Waals surface area (Å²) in [6.07, 6.45) is 6.38. The first-order valence-corrected chi connectivity index (χ1v) is 7.11. The predicted octanol–water partition coefficient (Wildman–Crippen LogP) is 3.50. The van der Waals surface area contributed by atoms with Crippen molar-refractivity contribution in [3.63, 3.8) is 0 Å². The Morgan fingerprint density at radius 2 is 1.95 bits per heavy atom. The molecule has 1 aromatic heterocycles. The molecule has 0 saturated carbocycles. The lowest BCUT2D eigenvalue weighted by molar-refractivity contribution is 0.444. The Kier molecular flexibility index (Phi) is 5.16. The molecule has 0 fully saturated rings. The molecule has 0 aliphatic carbocycles. The van der Waals surface area contributed by atoms with E-state index in [9.17, 15) is 0 Å². The van der Waals surface area contributed by atoms with E-state index >= 15 is 0 Å². The number of benzene rings is 1. The number of hydrogen-bond acceptors (Lipinski definition) is 2. The molecular formula is C16H23N3. The summed E-state index contributed by atoms with van der Waals surface area (Å²) >= 11 is 0. The lowest BCUT2D eigenvalue weighted by Gasteiger charge is -2.12. The van der Waals surface area contributed by atoms with Gasteiger partial charge in [0.2, 0.25) is 0 Å². The maximum atomic E-state index is 4.48. The summed E-state index contributed by atoms with van der Waals surface area (Å²) in [4.78, 5) is 0. The summed E-state index contributed by atoms with van der Waals surface area (Å²) in [5.41, 5.74) is 2.42. The zero-order valence-electron chi connectivity index (χ0n) is 11.8. The van der Waals surface area contributed by atoms with Gasteiger partial charge in [-0.05, 0) is 38.4 Å². The van der Waals surface area contributed by atoms with Crippen molar-refractivity contribution in [2.24, 2.45) is 0 Å². The molecule has 1 N–H and O–H groups in total. The molecule has 0 amide bonds. The van der Waals surface area contributed by atoms with Gasteiger partial charge < -0.3 is 5.32 Å². The summed E-state index contributed by atoms with van der Waals surface area (Å²) in [7, 11) is 0. The van der Waals surface area contributed by atoms with E-state index in [2.05, 4.69) is 59.4 Å². The van der Waals surface area contributed by atoms with Crippen molar-refractivity contribution in [3.05, 3.63) is 42.7 Å². The smallest absolute Gasteiger partial charge is 0.0568 e.